The monoisotopic (exact) mass is 427 g/mol. The number of carbonyl (C=O) groups is 2. The van der Waals surface area contributed by atoms with E-state index in [2.05, 4.69) is 22.5 Å². The molecule has 2 amide bonds. The Morgan fingerprint density at radius 1 is 1.26 bits per heavy atom. The molecule has 2 atom stereocenters. The van der Waals surface area contributed by atoms with Crippen LogP contribution in [0.1, 0.15) is 46.6 Å². The number of benzene rings is 1. The minimum absolute atomic E-state index is 0.230. The van der Waals surface area contributed by atoms with Crippen molar-refractivity contribution in [2.24, 2.45) is 0 Å². The third kappa shape index (κ3) is 4.32. The van der Waals surface area contributed by atoms with Crippen molar-refractivity contribution in [1.29, 1.82) is 0 Å². The number of hydrogen-bond donors (Lipinski definition) is 3. The van der Waals surface area contributed by atoms with Crippen LogP contribution in [0.2, 0.25) is 0 Å². The summed E-state index contributed by atoms with van der Waals surface area (Å²) in [7, 11) is 1.55. The van der Waals surface area contributed by atoms with Crippen LogP contribution >= 0.6 is 0 Å². The van der Waals surface area contributed by atoms with Gasteiger partial charge in [0.05, 0.1) is 7.11 Å². The molecule has 1 saturated heterocycles. The summed E-state index contributed by atoms with van der Waals surface area (Å²) in [6.45, 7) is 13.6. The van der Waals surface area contributed by atoms with Gasteiger partial charge in [0.1, 0.15) is 0 Å². The summed E-state index contributed by atoms with van der Waals surface area (Å²) in [6, 6.07) is 5.54. The van der Waals surface area contributed by atoms with E-state index in [-0.39, 0.29) is 17.4 Å². The van der Waals surface area contributed by atoms with E-state index in [0.717, 1.165) is 5.56 Å². The van der Waals surface area contributed by atoms with Gasteiger partial charge in [-0.15, -0.1) is 6.58 Å². The SMILES string of the molecule is C=CCc1ccc(OC2C(=O)NC2(CC)NC(=O)C2=CC(C)(C)NC2(C)C)c(OC)c1. The van der Waals surface area contributed by atoms with Gasteiger partial charge < -0.3 is 20.1 Å². The van der Waals surface area contributed by atoms with Crippen molar-refractivity contribution in [3.05, 3.63) is 48.1 Å². The highest BCUT2D eigenvalue weighted by molar-refractivity contribution is 6.00. The summed E-state index contributed by atoms with van der Waals surface area (Å²) < 4.78 is 11.5. The van der Waals surface area contributed by atoms with Gasteiger partial charge in [0.25, 0.3) is 11.8 Å². The zero-order valence-corrected chi connectivity index (χ0v) is 19.2. The lowest BCUT2D eigenvalue weighted by Gasteiger charge is -2.48. The molecule has 168 valence electrons. The zero-order chi connectivity index (χ0) is 23.0. The van der Waals surface area contributed by atoms with Crippen molar-refractivity contribution in [2.75, 3.05) is 7.11 Å². The second-order valence-electron chi connectivity index (χ2n) is 9.27. The Morgan fingerprint density at radius 3 is 2.48 bits per heavy atom. The minimum atomic E-state index is -0.997. The second kappa shape index (κ2) is 8.04. The van der Waals surface area contributed by atoms with Crippen molar-refractivity contribution >= 4 is 11.8 Å². The third-order valence-corrected chi connectivity index (χ3v) is 5.84. The maximum atomic E-state index is 13.2. The van der Waals surface area contributed by atoms with Crippen molar-refractivity contribution in [1.82, 2.24) is 16.0 Å². The Bertz CT molecular complexity index is 935. The Morgan fingerprint density at radius 2 is 1.97 bits per heavy atom. The number of methoxy groups -OCH3 is 1. The van der Waals surface area contributed by atoms with E-state index < -0.39 is 17.3 Å². The van der Waals surface area contributed by atoms with E-state index in [4.69, 9.17) is 9.47 Å². The summed E-state index contributed by atoms with van der Waals surface area (Å²) >= 11 is 0. The molecule has 0 radical (unpaired) electrons. The molecule has 0 aliphatic carbocycles. The van der Waals surface area contributed by atoms with E-state index in [1.807, 2.05) is 58.9 Å². The molecule has 2 heterocycles. The van der Waals surface area contributed by atoms with E-state index in [1.165, 1.54) is 0 Å². The largest absolute Gasteiger partial charge is 0.493 e. The number of β-lactam (4-membered cyclic amide) rings is 1. The molecule has 7 heteroatoms. The summed E-state index contributed by atoms with van der Waals surface area (Å²) in [5.41, 5.74) is -0.122. The molecular formula is C24H33N3O4. The molecule has 2 aliphatic heterocycles. The molecule has 1 aromatic rings. The predicted molar refractivity (Wildman–Crippen MR) is 120 cm³/mol. The lowest BCUT2D eigenvalue weighted by atomic mass is 9.88. The lowest BCUT2D eigenvalue weighted by molar-refractivity contribution is -0.153. The number of carbonyl (C=O) groups excluding carboxylic acids is 2. The number of rotatable bonds is 8. The molecule has 3 rings (SSSR count). The number of hydrogen-bond acceptors (Lipinski definition) is 5. The van der Waals surface area contributed by atoms with Crippen LogP contribution < -0.4 is 25.4 Å². The van der Waals surface area contributed by atoms with E-state index in [1.54, 1.807) is 13.2 Å². The van der Waals surface area contributed by atoms with Crippen molar-refractivity contribution in [2.45, 2.75) is 70.3 Å². The first-order chi connectivity index (χ1) is 14.5. The first kappa shape index (κ1) is 22.9. The molecule has 0 spiro atoms. The van der Waals surface area contributed by atoms with Crippen LogP contribution in [0.5, 0.6) is 11.5 Å². The molecule has 2 aliphatic rings. The van der Waals surface area contributed by atoms with E-state index in [9.17, 15) is 9.59 Å². The van der Waals surface area contributed by atoms with E-state index in [0.29, 0.717) is 29.9 Å². The Kier molecular flexibility index (Phi) is 5.93. The number of ether oxygens (including phenoxy) is 2. The van der Waals surface area contributed by atoms with Gasteiger partial charge in [0, 0.05) is 16.7 Å². The maximum Gasteiger partial charge on any atom is 0.267 e. The molecular weight excluding hydrogens is 394 g/mol. The molecule has 1 fully saturated rings. The standard InChI is InChI=1S/C24H33N3O4/c1-8-10-15-11-12-17(18(13-15)30-7)31-19-21(29)26-24(19,9-2)25-20(28)16-14-22(3,4)27-23(16,5)6/h8,11-14,19,27H,1,9-10H2,2-7H3,(H,25,28)(H,26,29). The molecule has 3 N–H and O–H groups in total. The maximum absolute atomic E-state index is 13.2. The molecule has 31 heavy (non-hydrogen) atoms. The number of nitrogens with one attached hydrogen (secondary N) is 3. The topological polar surface area (TPSA) is 88.7 Å². The predicted octanol–water partition coefficient (Wildman–Crippen LogP) is 2.61. The van der Waals surface area contributed by atoms with E-state index >= 15 is 0 Å². The summed E-state index contributed by atoms with van der Waals surface area (Å²) in [5, 5.41) is 9.31. The van der Waals surface area contributed by atoms with Crippen LogP contribution in [0.25, 0.3) is 0 Å². The quantitative estimate of drug-likeness (QED) is 0.438. The molecule has 1 aromatic carbocycles. The second-order valence-corrected chi connectivity index (χ2v) is 9.27. The fraction of sp³-hybridized carbons (Fsp3) is 0.500. The Balaban J connectivity index is 1.83. The van der Waals surface area contributed by atoms with Gasteiger partial charge in [-0.25, -0.2) is 0 Å². The summed E-state index contributed by atoms with van der Waals surface area (Å²) in [5.74, 6) is 0.468. The average molecular weight is 428 g/mol. The molecule has 2 unspecified atom stereocenters. The minimum Gasteiger partial charge on any atom is -0.493 e. The van der Waals surface area contributed by atoms with Crippen LogP contribution in [0.3, 0.4) is 0 Å². The van der Waals surface area contributed by atoms with Gasteiger partial charge in [-0.3, -0.25) is 14.9 Å². The van der Waals surface area contributed by atoms with Crippen LogP contribution in [-0.2, 0) is 16.0 Å². The van der Waals surface area contributed by atoms with Gasteiger partial charge in [-0.2, -0.15) is 0 Å². The highest BCUT2D eigenvalue weighted by atomic mass is 16.5. The Labute approximate surface area is 184 Å². The third-order valence-electron chi connectivity index (χ3n) is 5.84. The average Bonchev–Trinajstić information content (AvgIpc) is 2.93. The smallest absolute Gasteiger partial charge is 0.267 e. The zero-order valence-electron chi connectivity index (χ0n) is 19.2. The molecule has 0 saturated carbocycles. The lowest BCUT2D eigenvalue weighted by Crippen LogP contribution is -2.81. The molecule has 0 bridgehead atoms. The normalized spacial score (nSPS) is 25.7. The van der Waals surface area contributed by atoms with Crippen molar-refractivity contribution in [3.8, 4) is 11.5 Å². The molecule has 7 nitrogen and oxygen atoms in total. The number of amides is 2. The fourth-order valence-electron chi connectivity index (χ4n) is 4.41. The van der Waals surface area contributed by atoms with Crippen molar-refractivity contribution in [3.63, 3.8) is 0 Å². The van der Waals surface area contributed by atoms with Gasteiger partial charge in [0.15, 0.2) is 17.2 Å². The van der Waals surface area contributed by atoms with Gasteiger partial charge in [-0.05, 0) is 58.2 Å². The van der Waals surface area contributed by atoms with Gasteiger partial charge >= 0.3 is 0 Å². The van der Waals surface area contributed by atoms with Crippen LogP contribution in [0, 0.1) is 0 Å². The Hall–Kier alpha value is -2.80. The first-order valence-electron chi connectivity index (χ1n) is 10.6. The fourth-order valence-corrected chi connectivity index (χ4v) is 4.41. The van der Waals surface area contributed by atoms with Crippen LogP contribution in [0.15, 0.2) is 42.5 Å². The summed E-state index contributed by atoms with van der Waals surface area (Å²) in [4.78, 5) is 25.6. The summed E-state index contributed by atoms with van der Waals surface area (Å²) in [6.07, 6.45) is 4.04. The highest BCUT2D eigenvalue weighted by Gasteiger charge is 2.56. The van der Waals surface area contributed by atoms with Crippen LogP contribution in [-0.4, -0.2) is 41.8 Å². The van der Waals surface area contributed by atoms with Crippen LogP contribution in [0.4, 0.5) is 0 Å². The number of allylic oxidation sites excluding steroid dienone is 1. The highest BCUT2D eigenvalue weighted by Crippen LogP contribution is 2.35. The van der Waals surface area contributed by atoms with Gasteiger partial charge in [0.2, 0.25) is 6.10 Å². The molecule has 0 aromatic heterocycles. The van der Waals surface area contributed by atoms with Gasteiger partial charge in [-0.1, -0.05) is 25.1 Å². The first-order valence-corrected chi connectivity index (χ1v) is 10.6. The van der Waals surface area contributed by atoms with Crippen molar-refractivity contribution < 1.29 is 19.1 Å².